The third-order valence-corrected chi connectivity index (χ3v) is 16.3. The number of carbonyl (C=O) groups excluding carboxylic acids is 15. The van der Waals surface area contributed by atoms with Gasteiger partial charge in [-0.2, -0.15) is 0 Å². The Kier molecular flexibility index (Phi) is 35.3. The summed E-state index contributed by atoms with van der Waals surface area (Å²) in [6.07, 6.45) is -6.64. The van der Waals surface area contributed by atoms with E-state index in [1.807, 2.05) is 0 Å². The van der Waals surface area contributed by atoms with Gasteiger partial charge in [-0.1, -0.05) is 47.6 Å². The lowest BCUT2D eigenvalue weighted by Gasteiger charge is -2.27. The number of hydrogen-bond acceptors (Lipinski definition) is 23. The number of phenols is 1. The molecule has 1 heterocycles. The van der Waals surface area contributed by atoms with Crippen LogP contribution in [0.3, 0.4) is 0 Å². The molecule has 0 aliphatic carbocycles. The van der Waals surface area contributed by atoms with Crippen molar-refractivity contribution in [2.45, 2.75) is 139 Å². The second-order valence-electron chi connectivity index (χ2n) is 21.1. The van der Waals surface area contributed by atoms with Gasteiger partial charge in [-0.3, -0.25) is 81.5 Å². The number of primary amides is 3. The van der Waals surface area contributed by atoms with E-state index in [-0.39, 0.29) is 22.9 Å². The van der Waals surface area contributed by atoms with Gasteiger partial charge in [0.15, 0.2) is 0 Å². The molecular formula is C53H78N16O22S3. The molecule has 520 valence electrons. The van der Waals surface area contributed by atoms with Crippen molar-refractivity contribution in [3.05, 3.63) is 29.8 Å². The van der Waals surface area contributed by atoms with Crippen LogP contribution in [-0.2, 0) is 92.7 Å². The number of phenolic OH excluding ortho intramolecular Hbond substituents is 1. The van der Waals surface area contributed by atoms with Gasteiger partial charge < -0.3 is 107 Å². The van der Waals surface area contributed by atoms with E-state index in [9.17, 15) is 107 Å². The van der Waals surface area contributed by atoms with Crippen molar-refractivity contribution in [3.8, 4) is 5.75 Å². The summed E-state index contributed by atoms with van der Waals surface area (Å²) in [7, 11) is 1.63. The maximum absolute atomic E-state index is 14.2. The van der Waals surface area contributed by atoms with Crippen molar-refractivity contribution < 1.29 is 107 Å². The predicted octanol–water partition coefficient (Wildman–Crippen LogP) is -8.43. The molecule has 1 aromatic rings. The SMILES string of the molecule is CC(=O)NCSC[C@@H]1NC(=O)CNC(=O)CNC(=O)[C@H](CC(N)=O)NC(=O)[C@H](CCC(=O)O)NC(=O)[C@H](CC(N)=O)NC(=O)[C@H](C(C)C)NC(=O)[C@@H](N)CSSC[C@@H](C(=O)O)NC(=O)[C@H](Cc2ccc(O)cc2)NC(=O)[C@H](CCC(N)=O)NC(=O)[C@H](CCC(=O)O)NC1=O. The van der Waals surface area contributed by atoms with Crippen LogP contribution in [0.2, 0.25) is 0 Å². The number of rotatable bonds is 21. The maximum atomic E-state index is 14.2. The van der Waals surface area contributed by atoms with E-state index >= 15 is 0 Å². The Hall–Kier alpha value is -9.51. The normalized spacial score (nSPS) is 23.7. The Labute approximate surface area is 547 Å². The van der Waals surface area contributed by atoms with E-state index in [0.717, 1.165) is 33.3 Å². The summed E-state index contributed by atoms with van der Waals surface area (Å²) in [6, 6.07) is -12.5. The van der Waals surface area contributed by atoms with Crippen molar-refractivity contribution >= 4 is 140 Å². The Morgan fingerprint density at radius 2 is 0.979 bits per heavy atom. The quantitative estimate of drug-likeness (QED) is 0.0309. The molecule has 0 radical (unpaired) electrons. The van der Waals surface area contributed by atoms with Gasteiger partial charge in [0.2, 0.25) is 88.6 Å². The molecule has 24 N–H and O–H groups in total. The Balaban J connectivity index is 2.76. The first-order valence-electron chi connectivity index (χ1n) is 28.4. The second-order valence-corrected chi connectivity index (χ2v) is 24.7. The van der Waals surface area contributed by atoms with E-state index in [4.69, 9.17) is 22.9 Å². The van der Waals surface area contributed by atoms with E-state index in [1.54, 1.807) is 0 Å². The van der Waals surface area contributed by atoms with Crippen molar-refractivity contribution in [1.29, 1.82) is 0 Å². The number of hydrogen-bond donors (Lipinski definition) is 20. The lowest BCUT2D eigenvalue weighted by molar-refractivity contribution is -0.142. The molecule has 41 heteroatoms. The van der Waals surface area contributed by atoms with Crippen molar-refractivity contribution in [2.24, 2.45) is 28.9 Å². The zero-order chi connectivity index (χ0) is 70.9. The number of benzene rings is 1. The van der Waals surface area contributed by atoms with E-state index in [2.05, 4.69) is 63.8 Å². The Bertz CT molecular complexity index is 2960. The average Bonchev–Trinajstić information content (AvgIpc) is 0.929. The van der Waals surface area contributed by atoms with Crippen LogP contribution in [0.25, 0.3) is 0 Å². The van der Waals surface area contributed by atoms with Crippen LogP contribution in [0.15, 0.2) is 24.3 Å². The lowest BCUT2D eigenvalue weighted by Crippen LogP contribution is -2.60. The molecule has 0 bridgehead atoms. The summed E-state index contributed by atoms with van der Waals surface area (Å²) in [5.74, 6) is -23.9. The zero-order valence-corrected chi connectivity index (χ0v) is 53.4. The molecule has 1 fully saturated rings. The first-order valence-corrected chi connectivity index (χ1v) is 32.1. The van der Waals surface area contributed by atoms with E-state index in [0.29, 0.717) is 0 Å². The van der Waals surface area contributed by atoms with Crippen molar-refractivity contribution in [1.82, 2.24) is 63.8 Å². The molecule has 0 spiro atoms. The van der Waals surface area contributed by atoms with Gasteiger partial charge >= 0.3 is 17.9 Å². The van der Waals surface area contributed by atoms with Crippen LogP contribution in [0.4, 0.5) is 0 Å². The van der Waals surface area contributed by atoms with Crippen LogP contribution in [0, 0.1) is 5.92 Å². The molecule has 0 aromatic heterocycles. The fraction of sp³-hybridized carbons (Fsp3) is 0.547. The molecule has 0 saturated carbocycles. The molecule has 0 unspecified atom stereocenters. The molecule has 15 amide bonds. The summed E-state index contributed by atoms with van der Waals surface area (Å²) >= 11 is 0.848. The lowest BCUT2D eigenvalue weighted by atomic mass is 10.0. The molecule has 2 rings (SSSR count). The van der Waals surface area contributed by atoms with Gasteiger partial charge in [0.1, 0.15) is 60.1 Å². The summed E-state index contributed by atoms with van der Waals surface area (Å²) in [5, 5.41) is 66.4. The van der Waals surface area contributed by atoms with Gasteiger partial charge in [-0.15, -0.1) is 11.8 Å². The smallest absolute Gasteiger partial charge is 0.327 e. The number of nitrogens with one attached hydrogen (secondary N) is 12. The average molecular weight is 1390 g/mol. The minimum Gasteiger partial charge on any atom is -0.508 e. The van der Waals surface area contributed by atoms with Gasteiger partial charge in [-0.05, 0) is 42.9 Å². The summed E-state index contributed by atoms with van der Waals surface area (Å²) in [4.78, 5) is 235. The largest absolute Gasteiger partial charge is 0.508 e. The molecule has 1 aromatic carbocycles. The van der Waals surface area contributed by atoms with Crippen molar-refractivity contribution in [2.75, 3.05) is 36.2 Å². The number of carboxylic acids is 3. The number of thioether (sulfide) groups is 1. The van der Waals surface area contributed by atoms with Crippen LogP contribution >= 0.6 is 33.3 Å². The number of carbonyl (C=O) groups is 18. The van der Waals surface area contributed by atoms with Crippen LogP contribution in [0.5, 0.6) is 5.75 Å². The summed E-state index contributed by atoms with van der Waals surface area (Å²) in [5.41, 5.74) is 22.5. The molecule has 1 saturated heterocycles. The number of aliphatic carboxylic acids is 3. The minimum absolute atomic E-state index is 0.160. The third-order valence-electron chi connectivity index (χ3n) is 13.0. The highest BCUT2D eigenvalue weighted by atomic mass is 33.1. The van der Waals surface area contributed by atoms with Gasteiger partial charge in [0, 0.05) is 49.9 Å². The predicted molar refractivity (Wildman–Crippen MR) is 332 cm³/mol. The van der Waals surface area contributed by atoms with E-state index in [1.165, 1.54) is 45.0 Å². The maximum Gasteiger partial charge on any atom is 0.327 e. The Morgan fingerprint density at radius 1 is 0.532 bits per heavy atom. The highest BCUT2D eigenvalue weighted by Crippen LogP contribution is 2.23. The van der Waals surface area contributed by atoms with Crippen LogP contribution in [0.1, 0.15) is 77.7 Å². The van der Waals surface area contributed by atoms with E-state index < -0.39 is 255 Å². The summed E-state index contributed by atoms with van der Waals surface area (Å²) in [6.45, 7) is 2.13. The number of aromatic hydroxyl groups is 1. The monoisotopic (exact) mass is 1390 g/mol. The number of amides is 15. The molecule has 1 aliphatic heterocycles. The van der Waals surface area contributed by atoms with Crippen LogP contribution < -0.4 is 86.7 Å². The van der Waals surface area contributed by atoms with Crippen molar-refractivity contribution in [3.63, 3.8) is 0 Å². The molecule has 94 heavy (non-hydrogen) atoms. The van der Waals surface area contributed by atoms with Gasteiger partial charge in [0.25, 0.3) is 0 Å². The molecule has 10 atom stereocenters. The zero-order valence-electron chi connectivity index (χ0n) is 50.9. The van der Waals surface area contributed by atoms with Gasteiger partial charge in [-0.25, -0.2) is 4.79 Å². The first-order chi connectivity index (χ1) is 44.1. The molecule has 38 nitrogen and oxygen atoms in total. The summed E-state index contributed by atoms with van der Waals surface area (Å²) < 4.78 is 0. The topological polar surface area (TPSA) is 637 Å². The molecule has 1 aliphatic rings. The fourth-order valence-electron chi connectivity index (χ4n) is 7.99. The highest BCUT2D eigenvalue weighted by molar-refractivity contribution is 8.76. The third kappa shape index (κ3) is 31.7. The number of nitrogens with two attached hydrogens (primary N) is 4. The second kappa shape index (κ2) is 41.2. The first kappa shape index (κ1) is 80.6. The standard InChI is InChI=1S/C53H78N16O22S3/c1-23(2)43-52(89)67-33(16-38(57)74)50(87)63-30(10-13-42(79)80)48(85)66-32(15-37(56)73)45(82)59-17-39(75)58-18-40(76)61-34(20-92-22-60-24(3)70)51(88)64-29(9-12-41(77)78)46(83)62-28(8-11-36(55)72)47(84)65-31(14-25-4-6-26(71)7-5-25)49(86)68-35(53(90)91)21-94-93-19-27(54)44(81)69-43/h4-7,23,27-35,43,71H,8-22,54H2,1-3H3,(H2,55,72)(H2,56,73)(H2,57,74)(H,58,75)(H,59,82)(H,60,70)(H,61,76)(H,62,83)(H,63,87)(H,64,88)(H,65,84)(H,66,85)(H,67,89)(H,68,86)(H,69,81)(H,77,78)(H,79,80)(H,90,91)/t27-,28-,29-,30-,31-,32-,33-,34-,35-,43-/m0/s1. The fourth-order valence-corrected chi connectivity index (χ4v) is 11.2. The van der Waals surface area contributed by atoms with Crippen LogP contribution in [-0.4, -0.2) is 224 Å². The highest BCUT2D eigenvalue weighted by Gasteiger charge is 2.37. The molecular weight excluding hydrogens is 1310 g/mol. The van der Waals surface area contributed by atoms with Gasteiger partial charge in [0.05, 0.1) is 37.8 Å². The number of carboxylic acid groups (broad SMARTS) is 3. The minimum atomic E-state index is -1.95. The Morgan fingerprint density at radius 3 is 1.47 bits per heavy atom.